The van der Waals surface area contributed by atoms with Crippen LogP contribution in [0.2, 0.25) is 0 Å². The summed E-state index contributed by atoms with van der Waals surface area (Å²) in [6, 6.07) is 6.54. The van der Waals surface area contributed by atoms with Crippen LogP contribution in [0.1, 0.15) is 10.4 Å². The molecule has 0 spiro atoms. The Morgan fingerprint density at radius 1 is 1.36 bits per heavy atom. The van der Waals surface area contributed by atoms with Gasteiger partial charge in [-0.1, -0.05) is 0 Å². The second kappa shape index (κ2) is 4.64. The number of rotatable bonds is 3. The molecule has 1 aromatic carbocycles. The van der Waals surface area contributed by atoms with Gasteiger partial charge in [0, 0.05) is 18.0 Å². The molecule has 14 heavy (non-hydrogen) atoms. The topological polar surface area (TPSA) is 72.3 Å². The van der Waals surface area contributed by atoms with Gasteiger partial charge in [0.2, 0.25) is 0 Å². The second-order valence-corrected chi connectivity index (χ2v) is 2.91. The van der Waals surface area contributed by atoms with Crippen LogP contribution in [0.3, 0.4) is 0 Å². The van der Waals surface area contributed by atoms with Crippen LogP contribution in [0.25, 0.3) is 0 Å². The molecule has 1 aromatic rings. The molecule has 0 fully saturated rings. The van der Waals surface area contributed by atoms with Crippen LogP contribution in [0.5, 0.6) is 0 Å². The highest BCUT2D eigenvalue weighted by molar-refractivity contribution is 6.67. The van der Waals surface area contributed by atoms with E-state index in [2.05, 4.69) is 0 Å². The van der Waals surface area contributed by atoms with Crippen molar-refractivity contribution in [2.45, 2.75) is 0 Å². The molecule has 0 radical (unpaired) electrons. The maximum absolute atomic E-state index is 10.7. The van der Waals surface area contributed by atoms with E-state index < -0.39 is 5.24 Å². The fourth-order valence-corrected chi connectivity index (χ4v) is 1.07. The van der Waals surface area contributed by atoms with Gasteiger partial charge in [0.15, 0.2) is 0 Å². The van der Waals surface area contributed by atoms with Crippen molar-refractivity contribution < 1.29 is 4.79 Å². The Bertz CT molecular complexity index is 348. The van der Waals surface area contributed by atoms with E-state index in [1.807, 2.05) is 0 Å². The zero-order valence-electron chi connectivity index (χ0n) is 7.35. The van der Waals surface area contributed by atoms with E-state index in [0.717, 1.165) is 0 Å². The van der Waals surface area contributed by atoms with Crippen molar-refractivity contribution >= 4 is 22.5 Å². The summed E-state index contributed by atoms with van der Waals surface area (Å²) in [4.78, 5) is 10.7. The van der Waals surface area contributed by atoms with Gasteiger partial charge in [-0.2, -0.15) is 0 Å². The van der Waals surface area contributed by atoms with Crippen molar-refractivity contribution in [2.75, 3.05) is 5.01 Å². The van der Waals surface area contributed by atoms with Gasteiger partial charge in [0.1, 0.15) is 0 Å². The predicted molar refractivity (Wildman–Crippen MR) is 56.6 cm³/mol. The van der Waals surface area contributed by atoms with E-state index in [4.69, 9.17) is 23.2 Å². The Morgan fingerprint density at radius 3 is 2.36 bits per heavy atom. The van der Waals surface area contributed by atoms with Crippen LogP contribution in [0, 0.1) is 0 Å². The summed E-state index contributed by atoms with van der Waals surface area (Å²) in [6.45, 7) is 0. The van der Waals surface area contributed by atoms with E-state index in [1.165, 1.54) is 17.4 Å². The van der Waals surface area contributed by atoms with Gasteiger partial charge in [-0.25, -0.2) is 5.84 Å². The van der Waals surface area contributed by atoms with Gasteiger partial charge in [0.25, 0.3) is 5.24 Å². The SMILES string of the molecule is N/C=C\N(N)c1ccc(C(=O)Cl)cc1. The van der Waals surface area contributed by atoms with E-state index in [0.29, 0.717) is 11.3 Å². The van der Waals surface area contributed by atoms with Crippen LogP contribution in [-0.4, -0.2) is 5.24 Å². The average molecular weight is 212 g/mol. The minimum Gasteiger partial charge on any atom is -0.403 e. The second-order valence-electron chi connectivity index (χ2n) is 2.57. The molecule has 74 valence electrons. The summed E-state index contributed by atoms with van der Waals surface area (Å²) in [5.74, 6) is 5.58. The third-order valence-electron chi connectivity index (χ3n) is 1.64. The lowest BCUT2D eigenvalue weighted by Crippen LogP contribution is -2.24. The van der Waals surface area contributed by atoms with Crippen molar-refractivity contribution in [3.05, 3.63) is 42.2 Å². The number of hydrogen-bond donors (Lipinski definition) is 2. The highest BCUT2D eigenvalue weighted by Crippen LogP contribution is 2.13. The molecule has 0 saturated carbocycles. The molecule has 5 heteroatoms. The maximum atomic E-state index is 10.7. The van der Waals surface area contributed by atoms with E-state index in [1.54, 1.807) is 24.3 Å². The van der Waals surface area contributed by atoms with Gasteiger partial charge in [-0.05, 0) is 35.9 Å². The van der Waals surface area contributed by atoms with Gasteiger partial charge in [-0.3, -0.25) is 9.80 Å². The Balaban J connectivity index is 2.88. The first kappa shape index (κ1) is 10.6. The number of hydrogen-bond acceptors (Lipinski definition) is 4. The largest absolute Gasteiger partial charge is 0.403 e. The number of benzene rings is 1. The Labute approximate surface area is 86.7 Å². The lowest BCUT2D eigenvalue weighted by Gasteiger charge is -2.12. The Kier molecular flexibility index (Phi) is 3.50. The molecule has 1 rings (SSSR count). The number of nitrogens with two attached hydrogens (primary N) is 2. The standard InChI is InChI=1S/C9H10ClN3O/c10-9(14)7-1-3-8(4-2-7)13(12)6-5-11/h1-6H,11-12H2/b6-5-. The van der Waals surface area contributed by atoms with Crippen LogP contribution in [-0.2, 0) is 0 Å². The smallest absolute Gasteiger partial charge is 0.252 e. The highest BCUT2D eigenvalue weighted by Gasteiger charge is 2.02. The van der Waals surface area contributed by atoms with Crippen molar-refractivity contribution in [2.24, 2.45) is 11.6 Å². The zero-order chi connectivity index (χ0) is 10.6. The third kappa shape index (κ3) is 2.48. The van der Waals surface area contributed by atoms with Crippen LogP contribution in [0.15, 0.2) is 36.7 Å². The molecule has 0 saturated heterocycles. The molecule has 0 aliphatic heterocycles. The first-order chi connectivity index (χ1) is 6.65. The molecular formula is C9H10ClN3O. The van der Waals surface area contributed by atoms with Crippen molar-refractivity contribution in [1.82, 2.24) is 0 Å². The van der Waals surface area contributed by atoms with Crippen molar-refractivity contribution in [3.63, 3.8) is 0 Å². The van der Waals surface area contributed by atoms with E-state index in [9.17, 15) is 4.79 Å². The summed E-state index contributed by atoms with van der Waals surface area (Å²) in [5.41, 5.74) is 6.31. The molecule has 4 N–H and O–H groups in total. The summed E-state index contributed by atoms with van der Waals surface area (Å²) in [7, 11) is 0. The maximum Gasteiger partial charge on any atom is 0.252 e. The number of halogens is 1. The van der Waals surface area contributed by atoms with E-state index >= 15 is 0 Å². The minimum absolute atomic E-state index is 0.431. The Hall–Kier alpha value is -1.52. The highest BCUT2D eigenvalue weighted by atomic mass is 35.5. The summed E-state index contributed by atoms with van der Waals surface area (Å²) >= 11 is 5.28. The quantitative estimate of drug-likeness (QED) is 0.447. The molecule has 0 aromatic heterocycles. The average Bonchev–Trinajstić information content (AvgIpc) is 2.18. The normalized spacial score (nSPS) is 10.4. The molecule has 0 atom stereocenters. The van der Waals surface area contributed by atoms with Gasteiger partial charge in [-0.15, -0.1) is 0 Å². The molecule has 4 nitrogen and oxygen atoms in total. The number of carbonyl (C=O) groups excluding carboxylic acids is 1. The molecule has 0 amide bonds. The van der Waals surface area contributed by atoms with Gasteiger partial charge < -0.3 is 5.73 Å². The van der Waals surface area contributed by atoms with Crippen LogP contribution < -0.4 is 16.6 Å². The number of nitrogens with zero attached hydrogens (tertiary/aromatic N) is 1. The molecule has 0 unspecified atom stereocenters. The lowest BCUT2D eigenvalue weighted by atomic mass is 10.2. The van der Waals surface area contributed by atoms with Crippen molar-refractivity contribution in [3.8, 4) is 0 Å². The van der Waals surface area contributed by atoms with Crippen LogP contribution >= 0.6 is 11.6 Å². The number of carbonyl (C=O) groups is 1. The first-order valence-corrected chi connectivity index (χ1v) is 4.25. The van der Waals surface area contributed by atoms with Crippen LogP contribution in [0.4, 0.5) is 5.69 Å². The number of hydrazine groups is 1. The number of anilines is 1. The van der Waals surface area contributed by atoms with E-state index in [-0.39, 0.29) is 0 Å². The molecule has 0 bridgehead atoms. The lowest BCUT2D eigenvalue weighted by molar-refractivity contribution is 0.108. The van der Waals surface area contributed by atoms with Gasteiger partial charge >= 0.3 is 0 Å². The fraction of sp³-hybridized carbons (Fsp3) is 0. The molecule has 0 aliphatic carbocycles. The fourth-order valence-electron chi connectivity index (χ4n) is 0.943. The molecular weight excluding hydrogens is 202 g/mol. The zero-order valence-corrected chi connectivity index (χ0v) is 8.11. The van der Waals surface area contributed by atoms with Crippen molar-refractivity contribution in [1.29, 1.82) is 0 Å². The minimum atomic E-state index is -0.491. The first-order valence-electron chi connectivity index (χ1n) is 3.87. The molecule has 0 aliphatic rings. The Morgan fingerprint density at radius 2 is 1.93 bits per heavy atom. The monoisotopic (exact) mass is 211 g/mol. The summed E-state index contributed by atoms with van der Waals surface area (Å²) in [5, 5.41) is 0.845. The summed E-state index contributed by atoms with van der Waals surface area (Å²) in [6.07, 6.45) is 2.82. The van der Waals surface area contributed by atoms with Gasteiger partial charge in [0.05, 0.1) is 5.69 Å². The summed E-state index contributed by atoms with van der Waals surface area (Å²) < 4.78 is 0. The molecule has 0 heterocycles. The predicted octanol–water partition coefficient (Wildman–Crippen LogP) is 1.18. The third-order valence-corrected chi connectivity index (χ3v) is 1.86.